The molecule has 0 amide bonds. The second kappa shape index (κ2) is 7.03. The van der Waals surface area contributed by atoms with Gasteiger partial charge in [0.2, 0.25) is 5.75 Å². The Hall–Kier alpha value is -1.91. The summed E-state index contributed by atoms with van der Waals surface area (Å²) < 4.78 is 5.05. The number of rotatable bonds is 6. The molecule has 1 saturated carbocycles. The van der Waals surface area contributed by atoms with Crippen molar-refractivity contribution < 1.29 is 14.5 Å². The summed E-state index contributed by atoms with van der Waals surface area (Å²) in [6.07, 6.45) is 9.56. The van der Waals surface area contributed by atoms with Crippen LogP contribution in [0.25, 0.3) is 0 Å². The van der Waals surface area contributed by atoms with Crippen LogP contribution < -0.4 is 4.74 Å². The molecule has 5 nitrogen and oxygen atoms in total. The average Bonchev–Trinajstić information content (AvgIpc) is 2.92. The highest BCUT2D eigenvalue weighted by atomic mass is 16.6. The number of para-hydroxylation sites is 2. The fourth-order valence-electron chi connectivity index (χ4n) is 1.89. The number of nitro benzene ring substituents is 1. The lowest BCUT2D eigenvalue weighted by atomic mass is 10.0. The van der Waals surface area contributed by atoms with Gasteiger partial charge in [-0.3, -0.25) is 14.9 Å². The smallest absolute Gasteiger partial charge is 0.311 e. The monoisotopic (exact) mass is 272 g/mol. The Balaban J connectivity index is 1.80. The third kappa shape index (κ3) is 4.05. The molecule has 0 aliphatic heterocycles. The highest BCUT2D eigenvalue weighted by Crippen LogP contribution is 2.29. The predicted molar refractivity (Wildman–Crippen MR) is 73.0 cm³/mol. The Morgan fingerprint density at radius 1 is 1.20 bits per heavy atom. The highest BCUT2D eigenvalue weighted by molar-refractivity contribution is 5.73. The lowest BCUT2D eigenvalue weighted by Crippen LogP contribution is -2.09. The molecule has 103 valence electrons. The first kappa shape index (κ1) is 14.5. The van der Waals surface area contributed by atoms with Crippen LogP contribution >= 0.6 is 0 Å². The van der Waals surface area contributed by atoms with Gasteiger partial charge in [0.25, 0.3) is 0 Å². The molecule has 0 bridgehead atoms. The molecule has 1 aliphatic rings. The quantitative estimate of drug-likeness (QED) is 0.345. The molecular formula is C15H14NO4. The number of nitrogens with zero attached hydrogens (tertiary/aromatic N) is 1. The van der Waals surface area contributed by atoms with E-state index in [1.54, 1.807) is 6.07 Å². The number of carbonyl (C=O) groups excluding carboxylic acids is 1. The highest BCUT2D eigenvalue weighted by Gasteiger charge is 2.19. The molecule has 2 rings (SSSR count). The van der Waals surface area contributed by atoms with Crippen LogP contribution in [0.2, 0.25) is 0 Å². The zero-order valence-corrected chi connectivity index (χ0v) is 10.8. The summed E-state index contributed by atoms with van der Waals surface area (Å²) in [7, 11) is 0. The minimum atomic E-state index is -0.563. The van der Waals surface area contributed by atoms with Crippen molar-refractivity contribution in [3.63, 3.8) is 0 Å². The van der Waals surface area contributed by atoms with Gasteiger partial charge < -0.3 is 4.74 Å². The van der Waals surface area contributed by atoms with Gasteiger partial charge in [0.1, 0.15) is 0 Å². The molecule has 0 N–H and O–H groups in total. The number of hydrogen-bond donors (Lipinski definition) is 0. The molecule has 0 aromatic heterocycles. The maximum absolute atomic E-state index is 11.7. The van der Waals surface area contributed by atoms with Crippen molar-refractivity contribution in [1.29, 1.82) is 0 Å². The van der Waals surface area contributed by atoms with Gasteiger partial charge in [-0.05, 0) is 50.5 Å². The normalized spacial score (nSPS) is 15.2. The topological polar surface area (TPSA) is 69.4 Å². The van der Waals surface area contributed by atoms with Gasteiger partial charge in [0.15, 0.2) is 0 Å². The summed E-state index contributed by atoms with van der Waals surface area (Å²) in [5.74, 6) is 0.713. The molecule has 20 heavy (non-hydrogen) atoms. The Bertz CT molecular complexity index is 481. The van der Waals surface area contributed by atoms with Crippen LogP contribution in [0, 0.1) is 41.7 Å². The fourth-order valence-corrected chi connectivity index (χ4v) is 1.89. The van der Waals surface area contributed by atoms with E-state index in [0.29, 0.717) is 6.42 Å². The van der Waals surface area contributed by atoms with E-state index >= 15 is 0 Å². The van der Waals surface area contributed by atoms with E-state index < -0.39 is 10.9 Å². The Morgan fingerprint density at radius 3 is 2.60 bits per heavy atom. The maximum atomic E-state index is 11.7. The first-order valence-electron chi connectivity index (χ1n) is 6.31. The standard InChI is InChI=1S/C15H14NO4/c17-15(11-5-8-12-6-1-2-7-12)20-14-10-4-3-9-13(14)16(18)19/h1-4,6-7,9-10H,5,8,11H2. The van der Waals surface area contributed by atoms with Crippen molar-refractivity contribution in [2.45, 2.75) is 19.3 Å². The van der Waals surface area contributed by atoms with Gasteiger partial charge in [-0.25, -0.2) is 0 Å². The number of benzene rings is 1. The molecule has 0 atom stereocenters. The molecule has 1 aromatic carbocycles. The van der Waals surface area contributed by atoms with E-state index in [1.807, 2.05) is 25.7 Å². The zero-order chi connectivity index (χ0) is 14.4. The van der Waals surface area contributed by atoms with Crippen molar-refractivity contribution >= 4 is 11.7 Å². The largest absolute Gasteiger partial charge is 0.419 e. The summed E-state index contributed by atoms with van der Waals surface area (Å²) in [6, 6.07) is 5.87. The Morgan fingerprint density at radius 2 is 1.90 bits per heavy atom. The van der Waals surface area contributed by atoms with E-state index in [4.69, 9.17) is 4.74 Å². The fraction of sp³-hybridized carbons (Fsp3) is 0.200. The summed E-state index contributed by atoms with van der Waals surface area (Å²) in [4.78, 5) is 21.9. The molecule has 1 aliphatic carbocycles. The van der Waals surface area contributed by atoms with Crippen LogP contribution in [0.3, 0.4) is 0 Å². The lowest BCUT2D eigenvalue weighted by molar-refractivity contribution is -0.385. The van der Waals surface area contributed by atoms with Crippen LogP contribution in [-0.2, 0) is 4.79 Å². The first-order chi connectivity index (χ1) is 9.66. The zero-order valence-electron chi connectivity index (χ0n) is 10.8. The van der Waals surface area contributed by atoms with Gasteiger partial charge >= 0.3 is 11.7 Å². The lowest BCUT2D eigenvalue weighted by Gasteiger charge is -2.07. The summed E-state index contributed by atoms with van der Waals surface area (Å²) in [5.41, 5.74) is -0.197. The van der Waals surface area contributed by atoms with Gasteiger partial charge in [-0.15, -0.1) is 0 Å². The number of ether oxygens (including phenoxy) is 1. The second-order valence-corrected chi connectivity index (χ2v) is 4.35. The van der Waals surface area contributed by atoms with Gasteiger partial charge in [-0.2, -0.15) is 0 Å². The molecule has 5 radical (unpaired) electrons. The molecule has 0 saturated heterocycles. The van der Waals surface area contributed by atoms with Crippen LogP contribution in [0.15, 0.2) is 24.3 Å². The SMILES string of the molecule is O=C(CCC[C]1[CH][CH][CH][CH]1)Oc1ccccc1[N+](=O)[O-]. The van der Waals surface area contributed by atoms with Crippen molar-refractivity contribution in [2.24, 2.45) is 0 Å². The van der Waals surface area contributed by atoms with Gasteiger partial charge in [-0.1, -0.05) is 12.1 Å². The van der Waals surface area contributed by atoms with Crippen molar-refractivity contribution in [2.75, 3.05) is 0 Å². The van der Waals surface area contributed by atoms with E-state index in [1.165, 1.54) is 24.1 Å². The third-order valence-electron chi connectivity index (χ3n) is 2.86. The second-order valence-electron chi connectivity index (χ2n) is 4.35. The molecule has 0 unspecified atom stereocenters. The van der Waals surface area contributed by atoms with Gasteiger partial charge in [0, 0.05) is 12.5 Å². The molecular weight excluding hydrogens is 258 g/mol. The molecule has 0 spiro atoms. The average molecular weight is 272 g/mol. The molecule has 1 aromatic rings. The summed E-state index contributed by atoms with van der Waals surface area (Å²) in [6.45, 7) is 0. The summed E-state index contributed by atoms with van der Waals surface area (Å²) >= 11 is 0. The van der Waals surface area contributed by atoms with E-state index in [9.17, 15) is 14.9 Å². The predicted octanol–water partition coefficient (Wildman–Crippen LogP) is 3.08. The number of esters is 1. The van der Waals surface area contributed by atoms with Crippen molar-refractivity contribution in [3.8, 4) is 5.75 Å². The molecule has 0 heterocycles. The van der Waals surface area contributed by atoms with Gasteiger partial charge in [0.05, 0.1) is 4.92 Å². The Labute approximate surface area is 118 Å². The summed E-state index contributed by atoms with van der Waals surface area (Å²) in [5, 5.41) is 10.8. The maximum Gasteiger partial charge on any atom is 0.311 e. The minimum absolute atomic E-state index is 0.00388. The van der Waals surface area contributed by atoms with Crippen LogP contribution in [0.5, 0.6) is 5.75 Å². The number of nitro groups is 1. The van der Waals surface area contributed by atoms with E-state index in [2.05, 4.69) is 0 Å². The van der Waals surface area contributed by atoms with Crippen LogP contribution in [0.1, 0.15) is 19.3 Å². The van der Waals surface area contributed by atoms with Crippen molar-refractivity contribution in [3.05, 3.63) is 66.0 Å². The minimum Gasteiger partial charge on any atom is -0.419 e. The molecule has 5 heteroatoms. The molecule has 1 fully saturated rings. The van der Waals surface area contributed by atoms with Crippen LogP contribution in [0.4, 0.5) is 5.69 Å². The third-order valence-corrected chi connectivity index (χ3v) is 2.86. The van der Waals surface area contributed by atoms with Crippen LogP contribution in [-0.4, -0.2) is 10.9 Å². The number of carbonyl (C=O) groups is 1. The van der Waals surface area contributed by atoms with E-state index in [-0.39, 0.29) is 17.9 Å². The number of hydrogen-bond acceptors (Lipinski definition) is 4. The first-order valence-corrected chi connectivity index (χ1v) is 6.31. The Kier molecular flexibility index (Phi) is 5.09. The van der Waals surface area contributed by atoms with Crippen molar-refractivity contribution in [1.82, 2.24) is 0 Å². The van der Waals surface area contributed by atoms with E-state index in [0.717, 1.165) is 6.42 Å².